The Labute approximate surface area is 98.7 Å². The summed E-state index contributed by atoms with van der Waals surface area (Å²) < 4.78 is 5.03. The van der Waals surface area contributed by atoms with Gasteiger partial charge in [-0.2, -0.15) is 0 Å². The molecule has 0 aliphatic heterocycles. The quantitative estimate of drug-likeness (QED) is 0.777. The van der Waals surface area contributed by atoms with Crippen molar-refractivity contribution in [2.45, 2.75) is 6.92 Å². The van der Waals surface area contributed by atoms with Gasteiger partial charge < -0.3 is 15.2 Å². The largest absolute Gasteiger partial charge is 0.497 e. The van der Waals surface area contributed by atoms with Crippen LogP contribution in [0.5, 0.6) is 5.75 Å². The van der Waals surface area contributed by atoms with Crippen LogP contribution < -0.4 is 10.1 Å². The molecular weight excluding hydrogens is 222 g/mol. The van der Waals surface area contributed by atoms with E-state index < -0.39 is 11.9 Å². The van der Waals surface area contributed by atoms with E-state index in [1.165, 1.54) is 0 Å². The molecule has 0 radical (unpaired) electrons. The van der Waals surface area contributed by atoms with E-state index in [2.05, 4.69) is 5.32 Å². The lowest BCUT2D eigenvalue weighted by atomic mass is 10.2. The molecule has 17 heavy (non-hydrogen) atoms. The summed E-state index contributed by atoms with van der Waals surface area (Å²) in [5.41, 5.74) is 1.45. The molecular formula is C12H13NO4. The van der Waals surface area contributed by atoms with E-state index in [0.717, 1.165) is 17.7 Å². The lowest BCUT2D eigenvalue weighted by molar-refractivity contribution is -0.131. The van der Waals surface area contributed by atoms with Gasteiger partial charge in [-0.25, -0.2) is 4.79 Å². The molecule has 1 aromatic carbocycles. The number of carbonyl (C=O) groups is 2. The van der Waals surface area contributed by atoms with E-state index in [4.69, 9.17) is 9.84 Å². The van der Waals surface area contributed by atoms with Crippen LogP contribution in [0, 0.1) is 6.92 Å². The van der Waals surface area contributed by atoms with E-state index >= 15 is 0 Å². The van der Waals surface area contributed by atoms with Crippen molar-refractivity contribution in [2.24, 2.45) is 0 Å². The van der Waals surface area contributed by atoms with Crippen molar-refractivity contribution in [2.75, 3.05) is 12.4 Å². The van der Waals surface area contributed by atoms with Crippen LogP contribution in [0.3, 0.4) is 0 Å². The first-order valence-electron chi connectivity index (χ1n) is 4.89. The first-order chi connectivity index (χ1) is 8.02. The highest BCUT2D eigenvalue weighted by Gasteiger charge is 2.03. The lowest BCUT2D eigenvalue weighted by Gasteiger charge is -2.08. The monoisotopic (exact) mass is 235 g/mol. The summed E-state index contributed by atoms with van der Waals surface area (Å²) in [6.45, 7) is 1.82. The highest BCUT2D eigenvalue weighted by atomic mass is 16.5. The minimum atomic E-state index is -1.16. The van der Waals surface area contributed by atoms with Crippen molar-refractivity contribution in [1.82, 2.24) is 0 Å². The van der Waals surface area contributed by atoms with Gasteiger partial charge in [0.2, 0.25) is 5.91 Å². The normalized spacial score (nSPS) is 10.2. The predicted octanol–water partition coefficient (Wildman–Crippen LogP) is 1.58. The Hall–Kier alpha value is -2.30. The highest BCUT2D eigenvalue weighted by molar-refractivity contribution is 6.02. The first kappa shape index (κ1) is 12.8. The molecule has 0 aliphatic rings. The van der Waals surface area contributed by atoms with Crippen LogP contribution in [0.2, 0.25) is 0 Å². The predicted molar refractivity (Wildman–Crippen MR) is 63.1 cm³/mol. The molecule has 0 saturated heterocycles. The topological polar surface area (TPSA) is 75.6 Å². The van der Waals surface area contributed by atoms with Gasteiger partial charge in [-0.05, 0) is 30.7 Å². The Kier molecular flexibility index (Phi) is 4.28. The fourth-order valence-electron chi connectivity index (χ4n) is 1.22. The zero-order valence-electron chi connectivity index (χ0n) is 9.56. The van der Waals surface area contributed by atoms with Crippen LogP contribution in [0.4, 0.5) is 5.69 Å². The molecule has 1 amide bonds. The van der Waals surface area contributed by atoms with Gasteiger partial charge in [0.1, 0.15) is 5.75 Å². The number of aliphatic carboxylic acids is 1. The Morgan fingerprint density at radius 2 is 2.06 bits per heavy atom. The van der Waals surface area contributed by atoms with E-state index in [-0.39, 0.29) is 0 Å². The van der Waals surface area contributed by atoms with Crippen molar-refractivity contribution >= 4 is 17.6 Å². The Bertz CT molecular complexity index is 466. The van der Waals surface area contributed by atoms with Gasteiger partial charge in [-0.15, -0.1) is 0 Å². The number of amides is 1. The molecule has 2 N–H and O–H groups in total. The SMILES string of the molecule is COc1ccc(NC(=O)/C=C/C(=O)O)c(C)c1. The molecule has 0 bridgehead atoms. The van der Waals surface area contributed by atoms with Gasteiger partial charge in [0.15, 0.2) is 0 Å². The average Bonchev–Trinajstić information content (AvgIpc) is 2.29. The number of carbonyl (C=O) groups excluding carboxylic acids is 1. The van der Waals surface area contributed by atoms with Gasteiger partial charge in [-0.1, -0.05) is 0 Å². The standard InChI is InChI=1S/C12H13NO4/c1-8-7-9(17-2)3-4-10(8)13-11(14)5-6-12(15)16/h3-7H,1-2H3,(H,13,14)(H,15,16)/b6-5+. The van der Waals surface area contributed by atoms with Crippen LogP contribution in [0.1, 0.15) is 5.56 Å². The van der Waals surface area contributed by atoms with E-state index in [9.17, 15) is 9.59 Å². The zero-order chi connectivity index (χ0) is 12.8. The number of methoxy groups -OCH3 is 1. The number of anilines is 1. The van der Waals surface area contributed by atoms with Crippen LogP contribution in [0.15, 0.2) is 30.4 Å². The third-order valence-corrected chi connectivity index (χ3v) is 2.07. The van der Waals surface area contributed by atoms with E-state index in [1.54, 1.807) is 25.3 Å². The second-order valence-electron chi connectivity index (χ2n) is 3.34. The fraction of sp³-hybridized carbons (Fsp3) is 0.167. The second-order valence-corrected chi connectivity index (χ2v) is 3.34. The number of nitrogens with one attached hydrogen (secondary N) is 1. The van der Waals surface area contributed by atoms with Gasteiger partial charge in [0, 0.05) is 17.8 Å². The van der Waals surface area contributed by atoms with E-state index in [1.807, 2.05) is 6.92 Å². The summed E-state index contributed by atoms with van der Waals surface area (Å²) in [5.74, 6) is -0.950. The minimum Gasteiger partial charge on any atom is -0.497 e. The molecule has 0 fully saturated rings. The number of carboxylic acid groups (broad SMARTS) is 1. The highest BCUT2D eigenvalue weighted by Crippen LogP contribution is 2.20. The number of hydrogen-bond acceptors (Lipinski definition) is 3. The van der Waals surface area contributed by atoms with Crippen molar-refractivity contribution in [1.29, 1.82) is 0 Å². The molecule has 1 aromatic rings. The summed E-state index contributed by atoms with van der Waals surface area (Å²) in [4.78, 5) is 21.6. The van der Waals surface area contributed by atoms with Gasteiger partial charge in [0.05, 0.1) is 7.11 Å². The molecule has 5 nitrogen and oxygen atoms in total. The van der Waals surface area contributed by atoms with Gasteiger partial charge in [0.25, 0.3) is 0 Å². The van der Waals surface area contributed by atoms with Crippen molar-refractivity contribution < 1.29 is 19.4 Å². The van der Waals surface area contributed by atoms with Crippen molar-refractivity contribution in [3.05, 3.63) is 35.9 Å². The molecule has 1 rings (SSSR count). The molecule has 0 aromatic heterocycles. The number of rotatable bonds is 4. The maximum Gasteiger partial charge on any atom is 0.328 e. The van der Waals surface area contributed by atoms with Gasteiger partial charge >= 0.3 is 5.97 Å². The van der Waals surface area contributed by atoms with Crippen LogP contribution in [0.25, 0.3) is 0 Å². The fourth-order valence-corrected chi connectivity index (χ4v) is 1.22. The summed E-state index contributed by atoms with van der Waals surface area (Å²) in [6, 6.07) is 5.18. The zero-order valence-corrected chi connectivity index (χ0v) is 9.56. The summed E-state index contributed by atoms with van der Waals surface area (Å²) in [6.07, 6.45) is 1.75. The molecule has 0 atom stereocenters. The van der Waals surface area contributed by atoms with Crippen LogP contribution in [-0.2, 0) is 9.59 Å². The average molecular weight is 235 g/mol. The minimum absolute atomic E-state index is 0.485. The Balaban J connectivity index is 2.75. The molecule has 90 valence electrons. The van der Waals surface area contributed by atoms with E-state index in [0.29, 0.717) is 11.4 Å². The summed E-state index contributed by atoms with van der Waals surface area (Å²) in [5, 5.41) is 10.9. The van der Waals surface area contributed by atoms with Crippen molar-refractivity contribution in [3.63, 3.8) is 0 Å². The smallest absolute Gasteiger partial charge is 0.328 e. The number of aryl methyl sites for hydroxylation is 1. The maximum absolute atomic E-state index is 11.3. The third kappa shape index (κ3) is 3.98. The molecule has 0 unspecified atom stereocenters. The second kappa shape index (κ2) is 5.69. The summed E-state index contributed by atoms with van der Waals surface area (Å²) in [7, 11) is 1.56. The molecule has 0 spiro atoms. The number of ether oxygens (including phenoxy) is 1. The molecule has 0 saturated carbocycles. The summed E-state index contributed by atoms with van der Waals surface area (Å²) >= 11 is 0. The number of benzene rings is 1. The Morgan fingerprint density at radius 3 is 2.59 bits per heavy atom. The third-order valence-electron chi connectivity index (χ3n) is 2.07. The molecule has 0 heterocycles. The maximum atomic E-state index is 11.3. The molecule has 0 aliphatic carbocycles. The first-order valence-corrected chi connectivity index (χ1v) is 4.89. The van der Waals surface area contributed by atoms with Crippen LogP contribution in [-0.4, -0.2) is 24.1 Å². The number of carboxylic acids is 1. The van der Waals surface area contributed by atoms with Crippen molar-refractivity contribution in [3.8, 4) is 5.75 Å². The molecule has 5 heteroatoms. The lowest BCUT2D eigenvalue weighted by Crippen LogP contribution is -2.09. The Morgan fingerprint density at radius 1 is 1.35 bits per heavy atom. The number of hydrogen-bond donors (Lipinski definition) is 2. The van der Waals surface area contributed by atoms with Gasteiger partial charge in [-0.3, -0.25) is 4.79 Å². The van der Waals surface area contributed by atoms with Crippen LogP contribution >= 0.6 is 0 Å².